The van der Waals surface area contributed by atoms with Gasteiger partial charge in [-0.25, -0.2) is 4.39 Å². The Hall–Kier alpha value is -3.34. The molecule has 5 heteroatoms. The predicted molar refractivity (Wildman–Crippen MR) is 99.3 cm³/mol. The van der Waals surface area contributed by atoms with Crippen molar-refractivity contribution in [1.82, 2.24) is 15.3 Å². The van der Waals surface area contributed by atoms with Gasteiger partial charge in [0.1, 0.15) is 11.3 Å². The highest BCUT2D eigenvalue weighted by atomic mass is 19.1. The summed E-state index contributed by atoms with van der Waals surface area (Å²) in [6, 6.07) is 16.2. The van der Waals surface area contributed by atoms with E-state index in [1.165, 1.54) is 24.5 Å². The second-order valence-electron chi connectivity index (χ2n) is 6.14. The van der Waals surface area contributed by atoms with Gasteiger partial charge >= 0.3 is 0 Å². The summed E-state index contributed by atoms with van der Waals surface area (Å²) < 4.78 is 13.9. The minimum atomic E-state index is -0.513. The molecule has 0 fully saturated rings. The number of fused-ring (bicyclic) bond motifs is 2. The second-order valence-corrected chi connectivity index (χ2v) is 6.14. The molecule has 1 heterocycles. The molecule has 0 aliphatic carbocycles. The van der Waals surface area contributed by atoms with Crippen molar-refractivity contribution in [2.75, 3.05) is 0 Å². The van der Waals surface area contributed by atoms with Gasteiger partial charge in [0.15, 0.2) is 0 Å². The van der Waals surface area contributed by atoms with E-state index < -0.39 is 5.82 Å². The number of amides is 1. The van der Waals surface area contributed by atoms with Crippen molar-refractivity contribution in [3.8, 4) is 0 Å². The Morgan fingerprint density at radius 2 is 1.81 bits per heavy atom. The predicted octanol–water partition coefficient (Wildman–Crippen LogP) is 4.41. The lowest BCUT2D eigenvalue weighted by Crippen LogP contribution is -2.27. The van der Waals surface area contributed by atoms with Crippen LogP contribution in [0.15, 0.2) is 67.0 Å². The highest BCUT2D eigenvalue weighted by Crippen LogP contribution is 2.25. The van der Waals surface area contributed by atoms with E-state index in [4.69, 9.17) is 0 Å². The molecular formula is C21H16FN3O. The van der Waals surface area contributed by atoms with E-state index >= 15 is 0 Å². The molecule has 1 N–H and O–H groups in total. The third kappa shape index (κ3) is 2.88. The summed E-state index contributed by atoms with van der Waals surface area (Å²) in [6.45, 7) is 1.91. The summed E-state index contributed by atoms with van der Waals surface area (Å²) in [4.78, 5) is 21.0. The number of carbonyl (C=O) groups is 1. The van der Waals surface area contributed by atoms with Crippen LogP contribution in [0, 0.1) is 5.82 Å². The molecule has 4 aromatic rings. The first kappa shape index (κ1) is 16.1. The first-order valence-electron chi connectivity index (χ1n) is 8.32. The van der Waals surface area contributed by atoms with Crippen molar-refractivity contribution < 1.29 is 9.18 Å². The fraction of sp³-hybridized carbons (Fsp3) is 0.0952. The molecule has 0 spiro atoms. The van der Waals surface area contributed by atoms with Gasteiger partial charge in [-0.05, 0) is 29.3 Å². The molecule has 1 amide bonds. The monoisotopic (exact) mass is 345 g/mol. The molecular weight excluding hydrogens is 329 g/mol. The maximum Gasteiger partial charge on any atom is 0.254 e. The first-order valence-corrected chi connectivity index (χ1v) is 8.32. The van der Waals surface area contributed by atoms with Crippen LogP contribution >= 0.6 is 0 Å². The molecule has 1 aromatic heterocycles. The Labute approximate surface area is 149 Å². The van der Waals surface area contributed by atoms with Gasteiger partial charge < -0.3 is 5.32 Å². The van der Waals surface area contributed by atoms with Crippen molar-refractivity contribution in [2.45, 2.75) is 13.0 Å². The third-order valence-electron chi connectivity index (χ3n) is 4.42. The van der Waals surface area contributed by atoms with Gasteiger partial charge in [-0.2, -0.15) is 0 Å². The van der Waals surface area contributed by atoms with Crippen LogP contribution in [-0.2, 0) is 0 Å². The van der Waals surface area contributed by atoms with Gasteiger partial charge in [-0.3, -0.25) is 14.8 Å². The largest absolute Gasteiger partial charge is 0.345 e. The Kier molecular flexibility index (Phi) is 4.05. The molecule has 1 atom stereocenters. The minimum absolute atomic E-state index is 0.181. The van der Waals surface area contributed by atoms with Crippen LogP contribution in [0.4, 0.5) is 4.39 Å². The maximum atomic E-state index is 13.9. The Morgan fingerprint density at radius 3 is 2.69 bits per heavy atom. The first-order chi connectivity index (χ1) is 12.6. The molecule has 4 nitrogen and oxygen atoms in total. The molecule has 128 valence electrons. The fourth-order valence-electron chi connectivity index (χ4n) is 3.19. The van der Waals surface area contributed by atoms with Gasteiger partial charge in [0.25, 0.3) is 5.91 Å². The zero-order valence-electron chi connectivity index (χ0n) is 14.1. The highest BCUT2D eigenvalue weighted by Gasteiger charge is 2.17. The van der Waals surface area contributed by atoms with Crippen molar-refractivity contribution in [3.63, 3.8) is 0 Å². The Morgan fingerprint density at radius 1 is 1.04 bits per heavy atom. The van der Waals surface area contributed by atoms with E-state index in [0.29, 0.717) is 11.0 Å². The van der Waals surface area contributed by atoms with Gasteiger partial charge in [-0.15, -0.1) is 0 Å². The number of hydrogen-bond donors (Lipinski definition) is 1. The number of halogens is 1. The number of aromatic nitrogens is 2. The highest BCUT2D eigenvalue weighted by molar-refractivity contribution is 6.05. The number of rotatable bonds is 3. The second kappa shape index (κ2) is 6.52. The van der Waals surface area contributed by atoms with Crippen molar-refractivity contribution in [3.05, 3.63) is 83.9 Å². The average molecular weight is 345 g/mol. The standard InChI is InChI=1S/C21H16FN3O/c1-13(16-8-4-6-14-5-2-3-7-17(14)16)25-21(26)18-11-15(22)12-19-20(18)24-10-9-23-19/h2-13H,1H3,(H,25,26). The molecule has 0 aliphatic heterocycles. The number of hydrogen-bond acceptors (Lipinski definition) is 3. The minimum Gasteiger partial charge on any atom is -0.345 e. The van der Waals surface area contributed by atoms with Crippen LogP contribution in [0.25, 0.3) is 21.8 Å². The summed E-state index contributed by atoms with van der Waals surface area (Å²) >= 11 is 0. The normalized spacial score (nSPS) is 12.2. The van der Waals surface area contributed by atoms with E-state index in [1.54, 1.807) is 0 Å². The number of nitrogens with zero attached hydrogens (tertiary/aromatic N) is 2. The number of benzene rings is 3. The summed E-state index contributed by atoms with van der Waals surface area (Å²) in [6.07, 6.45) is 2.97. The number of carbonyl (C=O) groups excluding carboxylic acids is 1. The van der Waals surface area contributed by atoms with E-state index in [-0.39, 0.29) is 17.5 Å². The fourth-order valence-corrected chi connectivity index (χ4v) is 3.19. The van der Waals surface area contributed by atoms with Crippen molar-refractivity contribution >= 4 is 27.7 Å². The van der Waals surface area contributed by atoms with Crippen molar-refractivity contribution in [2.24, 2.45) is 0 Å². The zero-order valence-corrected chi connectivity index (χ0v) is 14.1. The van der Waals surface area contributed by atoms with Crippen molar-refractivity contribution in [1.29, 1.82) is 0 Å². The van der Waals surface area contributed by atoms with Crippen LogP contribution in [0.2, 0.25) is 0 Å². The molecule has 0 radical (unpaired) electrons. The van der Waals surface area contributed by atoms with Gasteiger partial charge in [0.2, 0.25) is 0 Å². The molecule has 3 aromatic carbocycles. The molecule has 0 saturated heterocycles. The Bertz CT molecular complexity index is 1120. The van der Waals surface area contributed by atoms with Crippen LogP contribution in [-0.4, -0.2) is 15.9 Å². The van der Waals surface area contributed by atoms with Gasteiger partial charge in [0.05, 0.1) is 17.1 Å². The molecule has 0 saturated carbocycles. The smallest absolute Gasteiger partial charge is 0.254 e. The maximum absolute atomic E-state index is 13.9. The summed E-state index contributed by atoms with van der Waals surface area (Å²) in [5.41, 5.74) is 1.93. The lowest BCUT2D eigenvalue weighted by atomic mass is 9.99. The van der Waals surface area contributed by atoms with E-state index in [0.717, 1.165) is 16.3 Å². The van der Waals surface area contributed by atoms with Crippen LogP contribution in [0.5, 0.6) is 0 Å². The van der Waals surface area contributed by atoms with E-state index in [1.807, 2.05) is 49.4 Å². The van der Waals surface area contributed by atoms with Gasteiger partial charge in [-0.1, -0.05) is 42.5 Å². The summed E-state index contributed by atoms with van der Waals surface area (Å²) in [5, 5.41) is 5.13. The molecule has 0 bridgehead atoms. The molecule has 1 unspecified atom stereocenters. The van der Waals surface area contributed by atoms with Gasteiger partial charge in [0, 0.05) is 18.5 Å². The molecule has 4 rings (SSSR count). The number of nitrogens with one attached hydrogen (secondary N) is 1. The molecule has 0 aliphatic rings. The SMILES string of the molecule is CC(NC(=O)c1cc(F)cc2nccnc12)c1cccc2ccccc12. The summed E-state index contributed by atoms with van der Waals surface area (Å²) in [7, 11) is 0. The lowest BCUT2D eigenvalue weighted by Gasteiger charge is -2.17. The average Bonchev–Trinajstić information content (AvgIpc) is 2.66. The summed E-state index contributed by atoms with van der Waals surface area (Å²) in [5.74, 6) is -0.892. The van der Waals surface area contributed by atoms with E-state index in [2.05, 4.69) is 15.3 Å². The quantitative estimate of drug-likeness (QED) is 0.598. The zero-order chi connectivity index (χ0) is 18.1. The molecule has 26 heavy (non-hydrogen) atoms. The Balaban J connectivity index is 1.70. The topological polar surface area (TPSA) is 54.9 Å². The van der Waals surface area contributed by atoms with Crippen LogP contribution in [0.1, 0.15) is 28.9 Å². The van der Waals surface area contributed by atoms with Crippen LogP contribution in [0.3, 0.4) is 0 Å². The third-order valence-corrected chi connectivity index (χ3v) is 4.42. The van der Waals surface area contributed by atoms with Crippen LogP contribution < -0.4 is 5.32 Å². The van der Waals surface area contributed by atoms with E-state index in [9.17, 15) is 9.18 Å². The lowest BCUT2D eigenvalue weighted by molar-refractivity contribution is 0.0941.